The zero-order chi connectivity index (χ0) is 14.3. The monoisotopic (exact) mass is 278 g/mol. The van der Waals surface area contributed by atoms with Gasteiger partial charge in [-0.3, -0.25) is 0 Å². The predicted octanol–water partition coefficient (Wildman–Crippen LogP) is 2.71. The summed E-state index contributed by atoms with van der Waals surface area (Å²) in [4.78, 5) is 2.76. The second-order valence-corrected chi connectivity index (χ2v) is 6.80. The summed E-state index contributed by atoms with van der Waals surface area (Å²) in [5.41, 5.74) is 7.48. The number of nitrogens with zero attached hydrogens (tertiary/aromatic N) is 1. The van der Waals surface area contributed by atoms with E-state index in [1.165, 1.54) is 0 Å². The van der Waals surface area contributed by atoms with E-state index in [9.17, 15) is 0 Å². The van der Waals surface area contributed by atoms with Crippen molar-refractivity contribution in [2.45, 2.75) is 38.9 Å². The second kappa shape index (κ2) is 4.76. The molecule has 19 heavy (non-hydrogen) atoms. The first-order chi connectivity index (χ1) is 8.70. The van der Waals surface area contributed by atoms with Gasteiger partial charge >= 0.3 is 0 Å². The van der Waals surface area contributed by atoms with Gasteiger partial charge in [0.15, 0.2) is 0 Å². The van der Waals surface area contributed by atoms with E-state index in [2.05, 4.69) is 38.7 Å². The van der Waals surface area contributed by atoms with Crippen LogP contribution in [0.1, 0.15) is 33.3 Å². The lowest BCUT2D eigenvalue weighted by Gasteiger charge is -2.48. The average Bonchev–Trinajstić information content (AvgIpc) is 2.24. The first-order valence-electron chi connectivity index (χ1n) is 6.54. The Morgan fingerprint density at radius 3 is 2.21 bits per heavy atom. The average molecular weight is 278 g/mol. The number of morpholine rings is 1. The molecule has 2 N–H and O–H groups in total. The molecule has 0 atom stereocenters. The van der Waals surface area contributed by atoms with E-state index in [1.807, 2.05) is 18.2 Å². The van der Waals surface area contributed by atoms with Gasteiger partial charge in [0, 0.05) is 24.3 Å². The Hall–Kier alpha value is -1.13. The summed E-state index contributed by atoms with van der Waals surface area (Å²) in [5.74, 6) is 0. The van der Waals surface area contributed by atoms with Crippen LogP contribution in [0.5, 0.6) is 0 Å². The molecule has 4 heteroatoms. The number of benzene rings is 1. The topological polar surface area (TPSA) is 38.5 Å². The molecule has 1 saturated heterocycles. The zero-order valence-electron chi connectivity index (χ0n) is 12.1. The summed E-state index contributed by atoms with van der Waals surface area (Å²) in [6.45, 7) is 10.1. The van der Waals surface area contributed by atoms with Gasteiger partial charge in [-0.15, -0.1) is 0 Å². The molecule has 0 spiro atoms. The van der Waals surface area contributed by atoms with Crippen LogP contribution in [0, 0.1) is 0 Å². The minimum Gasteiger partial charge on any atom is -0.389 e. The molecule has 0 radical (unpaired) electrons. The molecular weight excluding hydrogens is 256 g/mol. The third-order valence-corrected chi connectivity index (χ3v) is 3.43. The van der Waals surface area contributed by atoms with Crippen LogP contribution < -0.4 is 10.6 Å². The van der Waals surface area contributed by atoms with Crippen LogP contribution in [0.25, 0.3) is 0 Å². The highest BCUT2D eigenvalue weighted by Gasteiger charge is 2.38. The highest BCUT2D eigenvalue weighted by atomic mass is 32.1. The Kier molecular flexibility index (Phi) is 3.58. The van der Waals surface area contributed by atoms with Gasteiger partial charge in [0.2, 0.25) is 0 Å². The first kappa shape index (κ1) is 14.3. The van der Waals surface area contributed by atoms with Gasteiger partial charge in [0.25, 0.3) is 0 Å². The predicted molar refractivity (Wildman–Crippen MR) is 83.8 cm³/mol. The van der Waals surface area contributed by atoms with Crippen molar-refractivity contribution in [2.75, 3.05) is 18.0 Å². The van der Waals surface area contributed by atoms with Crippen LogP contribution in [-0.2, 0) is 4.74 Å². The number of anilines is 1. The molecule has 0 saturated carbocycles. The number of ether oxygens (including phenoxy) is 1. The van der Waals surface area contributed by atoms with E-state index >= 15 is 0 Å². The summed E-state index contributed by atoms with van der Waals surface area (Å²) in [6, 6.07) is 8.04. The van der Waals surface area contributed by atoms with Gasteiger partial charge in [-0.05, 0) is 39.8 Å². The molecule has 0 aromatic heterocycles. The number of hydrogen-bond donors (Lipinski definition) is 1. The van der Waals surface area contributed by atoms with Crippen molar-refractivity contribution >= 4 is 22.9 Å². The molecule has 1 heterocycles. The van der Waals surface area contributed by atoms with Gasteiger partial charge in [0.05, 0.1) is 11.2 Å². The Labute approximate surface area is 120 Å². The molecular formula is C15H22N2OS. The van der Waals surface area contributed by atoms with Crippen molar-refractivity contribution in [3.8, 4) is 0 Å². The summed E-state index contributed by atoms with van der Waals surface area (Å²) in [5, 5.41) is 0. The van der Waals surface area contributed by atoms with Crippen LogP contribution in [0.2, 0.25) is 0 Å². The quantitative estimate of drug-likeness (QED) is 0.844. The molecule has 1 aliphatic rings. The lowest BCUT2D eigenvalue weighted by Crippen LogP contribution is -2.57. The maximum absolute atomic E-state index is 6.11. The molecule has 0 bridgehead atoms. The summed E-state index contributed by atoms with van der Waals surface area (Å²) in [6.07, 6.45) is 0. The Morgan fingerprint density at radius 2 is 1.68 bits per heavy atom. The third kappa shape index (κ3) is 3.25. The molecule has 2 rings (SSSR count). The second-order valence-electron chi connectivity index (χ2n) is 6.36. The molecule has 3 nitrogen and oxygen atoms in total. The minimum atomic E-state index is -0.189. The highest BCUT2D eigenvalue weighted by molar-refractivity contribution is 7.80. The number of hydrogen-bond acceptors (Lipinski definition) is 3. The van der Waals surface area contributed by atoms with E-state index in [0.717, 1.165) is 24.3 Å². The van der Waals surface area contributed by atoms with Crippen molar-refractivity contribution in [3.05, 3.63) is 29.8 Å². The Balaban J connectivity index is 2.39. The van der Waals surface area contributed by atoms with E-state index in [-0.39, 0.29) is 11.2 Å². The third-order valence-electron chi connectivity index (χ3n) is 3.21. The van der Waals surface area contributed by atoms with E-state index in [1.54, 1.807) is 0 Å². The molecule has 1 aromatic rings. The normalized spacial score (nSPS) is 21.2. The highest BCUT2D eigenvalue weighted by Crippen LogP contribution is 2.32. The molecule has 1 aromatic carbocycles. The minimum absolute atomic E-state index is 0.189. The van der Waals surface area contributed by atoms with E-state index in [0.29, 0.717) is 4.99 Å². The van der Waals surface area contributed by atoms with Crippen LogP contribution in [-0.4, -0.2) is 29.3 Å². The summed E-state index contributed by atoms with van der Waals surface area (Å²) < 4.78 is 6.11. The van der Waals surface area contributed by atoms with Crippen LogP contribution in [0.3, 0.4) is 0 Å². The zero-order valence-corrected chi connectivity index (χ0v) is 12.9. The fourth-order valence-electron chi connectivity index (χ4n) is 2.92. The molecule has 104 valence electrons. The molecule has 0 amide bonds. The van der Waals surface area contributed by atoms with Crippen LogP contribution in [0.15, 0.2) is 24.3 Å². The summed E-state index contributed by atoms with van der Waals surface area (Å²) >= 11 is 5.15. The van der Waals surface area contributed by atoms with Crippen molar-refractivity contribution in [2.24, 2.45) is 5.73 Å². The standard InChI is InChI=1S/C15H22N2OS/c1-14(2)9-17(10-15(3,4)18-14)12-8-6-5-7-11(12)13(16)19/h5-8H,9-10H2,1-4H3,(H2,16,19). The van der Waals surface area contributed by atoms with Crippen LogP contribution in [0.4, 0.5) is 5.69 Å². The van der Waals surface area contributed by atoms with Gasteiger partial charge < -0.3 is 15.4 Å². The Bertz CT molecular complexity index is 481. The van der Waals surface area contributed by atoms with Crippen molar-refractivity contribution in [1.29, 1.82) is 0 Å². The van der Waals surface area contributed by atoms with Crippen LogP contribution >= 0.6 is 12.2 Å². The largest absolute Gasteiger partial charge is 0.389 e. The SMILES string of the molecule is CC1(C)CN(c2ccccc2C(N)=S)CC(C)(C)O1. The fourth-order valence-corrected chi connectivity index (χ4v) is 3.09. The molecule has 0 unspecified atom stereocenters. The molecule has 1 fully saturated rings. The number of para-hydroxylation sites is 1. The maximum Gasteiger partial charge on any atom is 0.106 e. The Morgan fingerprint density at radius 1 is 1.16 bits per heavy atom. The molecule has 1 aliphatic heterocycles. The number of nitrogens with two attached hydrogens (primary N) is 1. The fraction of sp³-hybridized carbons (Fsp3) is 0.533. The van der Waals surface area contributed by atoms with Crippen molar-refractivity contribution in [1.82, 2.24) is 0 Å². The number of rotatable bonds is 2. The maximum atomic E-state index is 6.11. The van der Waals surface area contributed by atoms with Gasteiger partial charge in [-0.2, -0.15) is 0 Å². The van der Waals surface area contributed by atoms with Gasteiger partial charge in [0.1, 0.15) is 4.99 Å². The summed E-state index contributed by atoms with van der Waals surface area (Å²) in [7, 11) is 0. The van der Waals surface area contributed by atoms with Gasteiger partial charge in [-0.25, -0.2) is 0 Å². The van der Waals surface area contributed by atoms with E-state index < -0.39 is 0 Å². The van der Waals surface area contributed by atoms with E-state index in [4.69, 9.17) is 22.7 Å². The lowest BCUT2D eigenvalue weighted by molar-refractivity contribution is -0.133. The van der Waals surface area contributed by atoms with Crippen molar-refractivity contribution in [3.63, 3.8) is 0 Å². The smallest absolute Gasteiger partial charge is 0.106 e. The van der Waals surface area contributed by atoms with Gasteiger partial charge in [-0.1, -0.05) is 24.4 Å². The van der Waals surface area contributed by atoms with Crippen molar-refractivity contribution < 1.29 is 4.74 Å². The lowest BCUT2D eigenvalue weighted by atomic mass is 9.97. The first-order valence-corrected chi connectivity index (χ1v) is 6.95. The molecule has 0 aliphatic carbocycles. The number of thiocarbonyl (C=S) groups is 1.